The van der Waals surface area contributed by atoms with Gasteiger partial charge in [-0.1, -0.05) is 0 Å². The first-order valence-corrected chi connectivity index (χ1v) is 5.88. The molecule has 0 unspecified atom stereocenters. The van der Waals surface area contributed by atoms with Gasteiger partial charge in [0.2, 0.25) is 5.88 Å². The predicted octanol–water partition coefficient (Wildman–Crippen LogP) is 0.564. The standard InChI is InChI=1S/C11H15N5O/c1-8-5-10(16-11(15-8)13-7-14-16)17-9-3-2-4-12-6-9/h5,7,9,12H,2-4,6H2,1H3/t9-/m0/s1. The zero-order valence-electron chi connectivity index (χ0n) is 9.76. The number of nitrogens with one attached hydrogen (secondary N) is 1. The van der Waals surface area contributed by atoms with Gasteiger partial charge >= 0.3 is 0 Å². The summed E-state index contributed by atoms with van der Waals surface area (Å²) < 4.78 is 7.61. The summed E-state index contributed by atoms with van der Waals surface area (Å²) in [5.41, 5.74) is 0.893. The van der Waals surface area contributed by atoms with Gasteiger partial charge in [0.15, 0.2) is 0 Å². The first-order valence-electron chi connectivity index (χ1n) is 5.88. The molecule has 6 heteroatoms. The minimum atomic E-state index is 0.206. The number of ether oxygens (including phenoxy) is 1. The van der Waals surface area contributed by atoms with Crippen LogP contribution in [-0.2, 0) is 0 Å². The van der Waals surface area contributed by atoms with Crippen LogP contribution in [0.15, 0.2) is 12.4 Å². The topological polar surface area (TPSA) is 64.3 Å². The van der Waals surface area contributed by atoms with E-state index >= 15 is 0 Å². The minimum Gasteiger partial charge on any atom is -0.473 e. The van der Waals surface area contributed by atoms with Gasteiger partial charge in [0.25, 0.3) is 5.78 Å². The largest absolute Gasteiger partial charge is 0.473 e. The molecule has 0 amide bonds. The number of aryl methyl sites for hydroxylation is 1. The van der Waals surface area contributed by atoms with Crippen molar-refractivity contribution in [2.75, 3.05) is 13.1 Å². The minimum absolute atomic E-state index is 0.206. The molecule has 3 heterocycles. The molecule has 0 spiro atoms. The molecule has 1 aliphatic rings. The van der Waals surface area contributed by atoms with Crippen LogP contribution in [0.3, 0.4) is 0 Å². The molecule has 1 N–H and O–H groups in total. The Labute approximate surface area is 99.0 Å². The molecule has 90 valence electrons. The Morgan fingerprint density at radius 1 is 1.53 bits per heavy atom. The molecule has 1 fully saturated rings. The molecule has 0 aromatic carbocycles. The lowest BCUT2D eigenvalue weighted by Gasteiger charge is -2.23. The Balaban J connectivity index is 1.90. The van der Waals surface area contributed by atoms with E-state index in [0.29, 0.717) is 5.78 Å². The van der Waals surface area contributed by atoms with Crippen LogP contribution in [0, 0.1) is 6.92 Å². The van der Waals surface area contributed by atoms with Crippen molar-refractivity contribution >= 4 is 5.78 Å². The molecule has 3 rings (SSSR count). The lowest BCUT2D eigenvalue weighted by molar-refractivity contribution is 0.156. The van der Waals surface area contributed by atoms with Gasteiger partial charge in [-0.05, 0) is 26.3 Å². The fraction of sp³-hybridized carbons (Fsp3) is 0.545. The van der Waals surface area contributed by atoms with Crippen LogP contribution >= 0.6 is 0 Å². The third-order valence-corrected chi connectivity index (χ3v) is 2.89. The van der Waals surface area contributed by atoms with Crippen molar-refractivity contribution < 1.29 is 4.74 Å². The van der Waals surface area contributed by atoms with E-state index in [-0.39, 0.29) is 6.10 Å². The smallest absolute Gasteiger partial charge is 0.255 e. The van der Waals surface area contributed by atoms with Gasteiger partial charge in [-0.2, -0.15) is 14.6 Å². The van der Waals surface area contributed by atoms with Gasteiger partial charge in [-0.15, -0.1) is 0 Å². The molecule has 0 aliphatic carbocycles. The molecule has 0 radical (unpaired) electrons. The average Bonchev–Trinajstić information content (AvgIpc) is 2.78. The van der Waals surface area contributed by atoms with E-state index in [1.807, 2.05) is 13.0 Å². The monoisotopic (exact) mass is 233 g/mol. The third kappa shape index (κ3) is 2.08. The van der Waals surface area contributed by atoms with Crippen molar-refractivity contribution in [3.63, 3.8) is 0 Å². The van der Waals surface area contributed by atoms with Crippen molar-refractivity contribution in [2.24, 2.45) is 0 Å². The summed E-state index contributed by atoms with van der Waals surface area (Å²) in [5.74, 6) is 1.31. The van der Waals surface area contributed by atoms with E-state index in [1.165, 1.54) is 6.33 Å². The highest BCUT2D eigenvalue weighted by Gasteiger charge is 2.16. The van der Waals surface area contributed by atoms with Gasteiger partial charge in [0.05, 0.1) is 0 Å². The molecule has 0 bridgehead atoms. The van der Waals surface area contributed by atoms with E-state index in [9.17, 15) is 0 Å². The Kier molecular flexibility index (Phi) is 2.64. The van der Waals surface area contributed by atoms with Crippen LogP contribution in [0.1, 0.15) is 18.5 Å². The second kappa shape index (κ2) is 4.29. The van der Waals surface area contributed by atoms with Crippen molar-refractivity contribution in [3.05, 3.63) is 18.1 Å². The van der Waals surface area contributed by atoms with E-state index in [0.717, 1.165) is 37.5 Å². The van der Waals surface area contributed by atoms with Crippen molar-refractivity contribution in [1.82, 2.24) is 24.9 Å². The molecular formula is C11H15N5O. The Morgan fingerprint density at radius 2 is 2.47 bits per heavy atom. The molecule has 1 atom stereocenters. The van der Waals surface area contributed by atoms with Crippen LogP contribution in [-0.4, -0.2) is 38.8 Å². The normalized spacial score (nSPS) is 20.6. The second-order valence-electron chi connectivity index (χ2n) is 4.29. The SMILES string of the molecule is Cc1cc(O[C@H]2CCCNC2)n2ncnc2n1. The number of piperidine rings is 1. The van der Waals surface area contributed by atoms with Gasteiger partial charge < -0.3 is 10.1 Å². The summed E-state index contributed by atoms with van der Waals surface area (Å²) in [6, 6.07) is 1.90. The van der Waals surface area contributed by atoms with Crippen LogP contribution in [0.5, 0.6) is 5.88 Å². The maximum absolute atomic E-state index is 5.97. The quantitative estimate of drug-likeness (QED) is 0.821. The molecule has 1 aliphatic heterocycles. The van der Waals surface area contributed by atoms with Gasteiger partial charge in [-0.25, -0.2) is 4.98 Å². The van der Waals surface area contributed by atoms with E-state index in [2.05, 4.69) is 20.4 Å². The second-order valence-corrected chi connectivity index (χ2v) is 4.29. The van der Waals surface area contributed by atoms with Crippen molar-refractivity contribution in [2.45, 2.75) is 25.9 Å². The van der Waals surface area contributed by atoms with E-state index in [4.69, 9.17) is 4.74 Å². The lowest BCUT2D eigenvalue weighted by atomic mass is 10.1. The van der Waals surface area contributed by atoms with Crippen molar-refractivity contribution in [3.8, 4) is 5.88 Å². The van der Waals surface area contributed by atoms with Crippen LogP contribution < -0.4 is 10.1 Å². The number of rotatable bonds is 2. The van der Waals surface area contributed by atoms with Crippen LogP contribution in [0.4, 0.5) is 0 Å². The van der Waals surface area contributed by atoms with Crippen LogP contribution in [0.2, 0.25) is 0 Å². The van der Waals surface area contributed by atoms with Gasteiger partial charge in [0.1, 0.15) is 12.4 Å². The van der Waals surface area contributed by atoms with E-state index < -0.39 is 0 Å². The number of aromatic nitrogens is 4. The number of hydrogen-bond donors (Lipinski definition) is 1. The Morgan fingerprint density at radius 3 is 3.29 bits per heavy atom. The number of fused-ring (bicyclic) bond motifs is 1. The fourth-order valence-electron chi connectivity index (χ4n) is 2.07. The molecular weight excluding hydrogens is 218 g/mol. The summed E-state index contributed by atoms with van der Waals surface area (Å²) in [5, 5.41) is 7.45. The van der Waals surface area contributed by atoms with Gasteiger partial charge in [0, 0.05) is 18.3 Å². The predicted molar refractivity (Wildman–Crippen MR) is 62.0 cm³/mol. The molecule has 2 aromatic heterocycles. The maximum atomic E-state index is 5.97. The number of hydrogen-bond acceptors (Lipinski definition) is 5. The summed E-state index contributed by atoms with van der Waals surface area (Å²) in [6.07, 6.45) is 3.92. The maximum Gasteiger partial charge on any atom is 0.255 e. The zero-order valence-corrected chi connectivity index (χ0v) is 9.76. The molecule has 17 heavy (non-hydrogen) atoms. The van der Waals surface area contributed by atoms with Crippen molar-refractivity contribution in [1.29, 1.82) is 0 Å². The number of nitrogens with zero attached hydrogens (tertiary/aromatic N) is 4. The molecule has 0 saturated carbocycles. The summed E-state index contributed by atoms with van der Waals surface area (Å²) in [4.78, 5) is 8.36. The van der Waals surface area contributed by atoms with E-state index in [1.54, 1.807) is 4.52 Å². The van der Waals surface area contributed by atoms with Crippen LogP contribution in [0.25, 0.3) is 5.78 Å². The highest BCUT2D eigenvalue weighted by molar-refractivity contribution is 5.32. The Hall–Kier alpha value is -1.69. The first-order chi connectivity index (χ1) is 8.33. The zero-order chi connectivity index (χ0) is 11.7. The summed E-state index contributed by atoms with van der Waals surface area (Å²) in [7, 11) is 0. The Bertz CT molecular complexity index is 518. The molecule has 2 aromatic rings. The average molecular weight is 233 g/mol. The highest BCUT2D eigenvalue weighted by Crippen LogP contribution is 2.16. The first kappa shape index (κ1) is 10.5. The third-order valence-electron chi connectivity index (χ3n) is 2.89. The fourth-order valence-corrected chi connectivity index (χ4v) is 2.07. The molecule has 6 nitrogen and oxygen atoms in total. The summed E-state index contributed by atoms with van der Waals surface area (Å²) in [6.45, 7) is 3.90. The molecule has 1 saturated heterocycles. The van der Waals surface area contributed by atoms with Gasteiger partial charge in [-0.3, -0.25) is 0 Å². The highest BCUT2D eigenvalue weighted by atomic mass is 16.5. The summed E-state index contributed by atoms with van der Waals surface area (Å²) >= 11 is 0. The lowest BCUT2D eigenvalue weighted by Crippen LogP contribution is -2.37.